The summed E-state index contributed by atoms with van der Waals surface area (Å²) in [5.41, 5.74) is 3.03. The van der Waals surface area contributed by atoms with Crippen LogP contribution in [0.15, 0.2) is 71.6 Å². The minimum absolute atomic E-state index is 0.0558. The summed E-state index contributed by atoms with van der Waals surface area (Å²) in [7, 11) is -3.49. The lowest BCUT2D eigenvalue weighted by Crippen LogP contribution is -2.17. The van der Waals surface area contributed by atoms with Crippen LogP contribution in [0.25, 0.3) is 21.8 Å². The summed E-state index contributed by atoms with van der Waals surface area (Å²) in [6.45, 7) is 4.52. The van der Waals surface area contributed by atoms with Crippen molar-refractivity contribution in [2.24, 2.45) is 0 Å². The molecule has 0 saturated heterocycles. The molecule has 148 valence electrons. The van der Waals surface area contributed by atoms with E-state index in [2.05, 4.69) is 28.9 Å². The van der Waals surface area contributed by atoms with Crippen molar-refractivity contribution in [3.8, 4) is 0 Å². The van der Waals surface area contributed by atoms with Crippen molar-refractivity contribution >= 4 is 43.2 Å². The van der Waals surface area contributed by atoms with Crippen molar-refractivity contribution in [1.82, 2.24) is 4.57 Å². The van der Waals surface area contributed by atoms with Gasteiger partial charge in [-0.1, -0.05) is 37.3 Å². The quantitative estimate of drug-likeness (QED) is 0.515. The molecule has 0 atom stereocenters. The number of fused-ring (bicyclic) bond motifs is 3. The predicted molar refractivity (Wildman–Crippen MR) is 117 cm³/mol. The normalized spacial score (nSPS) is 11.8. The highest BCUT2D eigenvalue weighted by Gasteiger charge is 2.21. The number of carbonyl (C=O) groups excluding carboxylic acids is 1. The molecular formula is C23H22N2O3S. The van der Waals surface area contributed by atoms with Crippen LogP contribution in [0.4, 0.5) is 5.69 Å². The summed E-state index contributed by atoms with van der Waals surface area (Å²) in [4.78, 5) is 12.9. The number of hydrogen-bond donors (Lipinski definition) is 1. The predicted octanol–water partition coefficient (Wildman–Crippen LogP) is 4.86. The minimum Gasteiger partial charge on any atom is -0.341 e. The Morgan fingerprint density at radius 1 is 0.897 bits per heavy atom. The van der Waals surface area contributed by atoms with Gasteiger partial charge < -0.3 is 9.88 Å². The van der Waals surface area contributed by atoms with Crippen LogP contribution in [0.1, 0.15) is 24.2 Å². The summed E-state index contributed by atoms with van der Waals surface area (Å²) in [6.07, 6.45) is 0. The maximum Gasteiger partial charge on any atom is 0.256 e. The maximum absolute atomic E-state index is 12.9. The molecule has 0 saturated carbocycles. The second-order valence-electron chi connectivity index (χ2n) is 6.85. The van der Waals surface area contributed by atoms with Crippen molar-refractivity contribution in [2.75, 3.05) is 11.1 Å². The van der Waals surface area contributed by atoms with Gasteiger partial charge in [0, 0.05) is 34.0 Å². The first-order valence-corrected chi connectivity index (χ1v) is 11.3. The fourth-order valence-corrected chi connectivity index (χ4v) is 4.84. The molecule has 4 rings (SSSR count). The monoisotopic (exact) mass is 406 g/mol. The van der Waals surface area contributed by atoms with Gasteiger partial charge in [-0.25, -0.2) is 8.42 Å². The fourth-order valence-electron chi connectivity index (χ4n) is 3.75. The Hall–Kier alpha value is -3.12. The molecule has 1 amide bonds. The number of carbonyl (C=O) groups is 1. The van der Waals surface area contributed by atoms with Crippen molar-refractivity contribution in [2.45, 2.75) is 25.3 Å². The number of rotatable bonds is 5. The van der Waals surface area contributed by atoms with Crippen LogP contribution in [0.5, 0.6) is 0 Å². The Kier molecular flexibility index (Phi) is 4.88. The molecule has 5 nitrogen and oxygen atoms in total. The van der Waals surface area contributed by atoms with E-state index in [-0.39, 0.29) is 16.2 Å². The Morgan fingerprint density at radius 2 is 1.59 bits per heavy atom. The second kappa shape index (κ2) is 7.37. The molecule has 0 aliphatic carbocycles. The minimum atomic E-state index is -3.49. The van der Waals surface area contributed by atoms with E-state index in [1.165, 1.54) is 6.07 Å². The highest BCUT2D eigenvalue weighted by Crippen LogP contribution is 2.31. The molecule has 0 aliphatic rings. The van der Waals surface area contributed by atoms with Gasteiger partial charge in [0.25, 0.3) is 5.91 Å². The largest absolute Gasteiger partial charge is 0.341 e. The van der Waals surface area contributed by atoms with Crippen LogP contribution < -0.4 is 5.32 Å². The first-order valence-electron chi connectivity index (χ1n) is 9.60. The number of nitrogens with one attached hydrogen (secondary N) is 1. The van der Waals surface area contributed by atoms with E-state index >= 15 is 0 Å². The van der Waals surface area contributed by atoms with Gasteiger partial charge in [-0.05, 0) is 43.3 Å². The molecule has 3 aromatic carbocycles. The average Bonchev–Trinajstić information content (AvgIpc) is 3.06. The Labute approximate surface area is 169 Å². The lowest BCUT2D eigenvalue weighted by Gasteiger charge is -2.10. The van der Waals surface area contributed by atoms with Crippen LogP contribution in [0, 0.1) is 0 Å². The van der Waals surface area contributed by atoms with E-state index < -0.39 is 15.7 Å². The van der Waals surface area contributed by atoms with Gasteiger partial charge >= 0.3 is 0 Å². The van der Waals surface area contributed by atoms with Gasteiger partial charge in [0.15, 0.2) is 9.84 Å². The topological polar surface area (TPSA) is 68.2 Å². The van der Waals surface area contributed by atoms with E-state index in [1.54, 1.807) is 25.1 Å². The smallest absolute Gasteiger partial charge is 0.256 e. The zero-order valence-electron chi connectivity index (χ0n) is 16.3. The number of aromatic nitrogens is 1. The zero-order valence-corrected chi connectivity index (χ0v) is 17.2. The number of benzene rings is 3. The molecule has 0 fully saturated rings. The second-order valence-corrected chi connectivity index (χ2v) is 9.09. The molecule has 0 radical (unpaired) electrons. The van der Waals surface area contributed by atoms with Gasteiger partial charge in [0.2, 0.25) is 0 Å². The standard InChI is InChI=1S/C23H22N2O3S/c1-3-25-20-11-7-5-9-17(20)19-15-16(13-14-21(19)25)24-23(26)18-10-6-8-12-22(18)29(27,28)4-2/h5-15H,3-4H2,1-2H3,(H,24,26). The summed E-state index contributed by atoms with van der Waals surface area (Å²) in [5.74, 6) is -0.490. The van der Waals surface area contributed by atoms with Crippen LogP contribution in [-0.4, -0.2) is 24.6 Å². The molecule has 0 aliphatic heterocycles. The van der Waals surface area contributed by atoms with Crippen molar-refractivity contribution < 1.29 is 13.2 Å². The number of amides is 1. The van der Waals surface area contributed by atoms with Gasteiger partial charge in [-0.2, -0.15) is 0 Å². The molecule has 1 aromatic heterocycles. The third-order valence-corrected chi connectivity index (χ3v) is 6.98. The molecule has 1 N–H and O–H groups in total. The summed E-state index contributed by atoms with van der Waals surface area (Å²) in [6, 6.07) is 20.3. The zero-order chi connectivity index (χ0) is 20.6. The third kappa shape index (κ3) is 3.29. The van der Waals surface area contributed by atoms with Crippen LogP contribution in [-0.2, 0) is 16.4 Å². The van der Waals surface area contributed by atoms with E-state index in [0.29, 0.717) is 5.69 Å². The maximum atomic E-state index is 12.9. The Morgan fingerprint density at radius 3 is 2.34 bits per heavy atom. The summed E-state index contributed by atoms with van der Waals surface area (Å²) >= 11 is 0. The van der Waals surface area contributed by atoms with E-state index in [1.807, 2.05) is 30.3 Å². The Balaban J connectivity index is 1.76. The van der Waals surface area contributed by atoms with Gasteiger partial charge in [-0.15, -0.1) is 0 Å². The highest BCUT2D eigenvalue weighted by atomic mass is 32.2. The van der Waals surface area contributed by atoms with E-state index in [9.17, 15) is 13.2 Å². The highest BCUT2D eigenvalue weighted by molar-refractivity contribution is 7.91. The molecule has 0 bridgehead atoms. The number of sulfone groups is 1. The van der Waals surface area contributed by atoms with Crippen molar-refractivity contribution in [1.29, 1.82) is 0 Å². The molecule has 0 unspecified atom stereocenters. The lowest BCUT2D eigenvalue weighted by atomic mass is 10.1. The molecule has 0 spiro atoms. The van der Waals surface area contributed by atoms with Crippen LogP contribution in [0.3, 0.4) is 0 Å². The van der Waals surface area contributed by atoms with Gasteiger partial charge in [0.05, 0.1) is 16.2 Å². The van der Waals surface area contributed by atoms with Crippen molar-refractivity contribution in [3.05, 3.63) is 72.3 Å². The summed E-state index contributed by atoms with van der Waals surface area (Å²) < 4.78 is 26.9. The van der Waals surface area contributed by atoms with E-state index in [4.69, 9.17) is 0 Å². The SMILES string of the molecule is CCn1c2ccccc2c2cc(NC(=O)c3ccccc3S(=O)(=O)CC)ccc21. The molecule has 4 aromatic rings. The number of anilines is 1. The first kappa shape index (κ1) is 19.2. The molecule has 29 heavy (non-hydrogen) atoms. The number of aryl methyl sites for hydroxylation is 1. The number of para-hydroxylation sites is 1. The number of hydrogen-bond acceptors (Lipinski definition) is 3. The summed E-state index contributed by atoms with van der Waals surface area (Å²) in [5, 5.41) is 5.04. The number of nitrogens with zero attached hydrogens (tertiary/aromatic N) is 1. The first-order chi connectivity index (χ1) is 14.0. The van der Waals surface area contributed by atoms with Gasteiger partial charge in [-0.3, -0.25) is 4.79 Å². The van der Waals surface area contributed by atoms with Crippen LogP contribution >= 0.6 is 0 Å². The molecule has 6 heteroatoms. The fraction of sp³-hybridized carbons (Fsp3) is 0.174. The van der Waals surface area contributed by atoms with E-state index in [0.717, 1.165) is 28.4 Å². The Bertz CT molecular complexity index is 1340. The molecular weight excluding hydrogens is 384 g/mol. The van der Waals surface area contributed by atoms with Gasteiger partial charge in [0.1, 0.15) is 0 Å². The molecule has 1 heterocycles. The third-order valence-electron chi connectivity index (χ3n) is 5.19. The van der Waals surface area contributed by atoms with Crippen molar-refractivity contribution in [3.63, 3.8) is 0 Å². The van der Waals surface area contributed by atoms with Crippen LogP contribution in [0.2, 0.25) is 0 Å². The average molecular weight is 407 g/mol. The lowest BCUT2D eigenvalue weighted by molar-refractivity contribution is 0.102.